The maximum absolute atomic E-state index is 13.9. The molecule has 292 valence electrons. The Morgan fingerprint density at radius 1 is 1.05 bits per heavy atom. The smallest absolute Gasteiger partial charge is 0.264 e. The number of nitrogens with one attached hydrogen (secondary N) is 6. The molecule has 16 heteroatoms. The minimum Gasteiger partial charge on any atom is -0.384 e. The van der Waals surface area contributed by atoms with Crippen molar-refractivity contribution in [3.63, 3.8) is 0 Å². The van der Waals surface area contributed by atoms with E-state index in [0.29, 0.717) is 90.6 Å². The SMILES string of the molecule is CCN(CCNC(=O)c1c(C)[nH]c(/C=C2\C(=O)Nc3ccc(F)cc32)c1C)CCNC(O)CCCNc1cccc2c1C(=O)N(C1CCC(O)NC1=O)C2=O. The van der Waals surface area contributed by atoms with Gasteiger partial charge in [-0.05, 0) is 88.0 Å². The third-order valence-corrected chi connectivity index (χ3v) is 10.3. The van der Waals surface area contributed by atoms with Crippen LogP contribution >= 0.6 is 0 Å². The van der Waals surface area contributed by atoms with Crippen LogP contribution in [0.5, 0.6) is 0 Å². The minimum atomic E-state index is -0.998. The van der Waals surface area contributed by atoms with Gasteiger partial charge in [-0.15, -0.1) is 0 Å². The Kier molecular flexibility index (Phi) is 12.1. The summed E-state index contributed by atoms with van der Waals surface area (Å²) in [6, 6.07) is 8.06. The number of aliphatic hydroxyl groups excluding tert-OH is 2. The van der Waals surface area contributed by atoms with Crippen LogP contribution in [0.2, 0.25) is 0 Å². The number of carbonyl (C=O) groups is 5. The van der Waals surface area contributed by atoms with Crippen LogP contribution in [0.3, 0.4) is 0 Å². The zero-order valence-corrected chi connectivity index (χ0v) is 31.1. The molecule has 3 aromatic rings. The van der Waals surface area contributed by atoms with E-state index in [2.05, 4.69) is 36.5 Å². The van der Waals surface area contributed by atoms with E-state index in [4.69, 9.17) is 0 Å². The number of aliphatic hydroxyl groups is 2. The first-order valence-corrected chi connectivity index (χ1v) is 18.5. The van der Waals surface area contributed by atoms with Gasteiger partial charge >= 0.3 is 0 Å². The number of aromatic amines is 1. The fraction of sp³-hybridized carbons (Fsp3) is 0.410. The van der Waals surface area contributed by atoms with Gasteiger partial charge in [0.25, 0.3) is 23.6 Å². The number of fused-ring (bicyclic) bond motifs is 2. The zero-order chi connectivity index (χ0) is 39.4. The van der Waals surface area contributed by atoms with Gasteiger partial charge in [0, 0.05) is 61.0 Å². The molecule has 4 heterocycles. The Labute approximate surface area is 317 Å². The van der Waals surface area contributed by atoms with E-state index in [0.717, 1.165) is 11.4 Å². The summed E-state index contributed by atoms with van der Waals surface area (Å²) in [7, 11) is 0. The van der Waals surface area contributed by atoms with E-state index >= 15 is 0 Å². The van der Waals surface area contributed by atoms with Crippen molar-refractivity contribution in [2.75, 3.05) is 49.9 Å². The van der Waals surface area contributed by atoms with Gasteiger partial charge in [0.2, 0.25) is 5.91 Å². The Bertz CT molecular complexity index is 2030. The number of nitrogens with zero attached hydrogens (tertiary/aromatic N) is 2. The highest BCUT2D eigenvalue weighted by Crippen LogP contribution is 2.35. The van der Waals surface area contributed by atoms with Gasteiger partial charge in [0.15, 0.2) is 0 Å². The van der Waals surface area contributed by atoms with Crippen LogP contribution in [-0.4, -0.2) is 112 Å². The van der Waals surface area contributed by atoms with Crippen molar-refractivity contribution < 1.29 is 38.6 Å². The fourth-order valence-electron chi connectivity index (χ4n) is 7.32. The molecule has 3 aliphatic heterocycles. The lowest BCUT2D eigenvalue weighted by molar-refractivity contribution is -0.131. The van der Waals surface area contributed by atoms with Crippen molar-refractivity contribution in [2.45, 2.75) is 65.0 Å². The molecule has 5 amide bonds. The lowest BCUT2D eigenvalue weighted by atomic mass is 10.0. The van der Waals surface area contributed by atoms with Gasteiger partial charge in [0.1, 0.15) is 24.3 Å². The molecule has 3 aliphatic rings. The number of aromatic nitrogens is 1. The minimum absolute atomic E-state index is 0.179. The van der Waals surface area contributed by atoms with Gasteiger partial charge in [0.05, 0.1) is 22.3 Å². The molecule has 0 radical (unpaired) electrons. The predicted octanol–water partition coefficient (Wildman–Crippen LogP) is 2.31. The van der Waals surface area contributed by atoms with Gasteiger partial charge < -0.3 is 41.4 Å². The number of imide groups is 1. The molecule has 1 fully saturated rings. The molecule has 8 N–H and O–H groups in total. The van der Waals surface area contributed by atoms with Crippen molar-refractivity contribution in [1.29, 1.82) is 0 Å². The van der Waals surface area contributed by atoms with Crippen LogP contribution in [0.1, 0.15) is 86.2 Å². The van der Waals surface area contributed by atoms with E-state index in [-0.39, 0.29) is 35.8 Å². The molecule has 15 nitrogen and oxygen atoms in total. The Morgan fingerprint density at radius 3 is 2.60 bits per heavy atom. The van der Waals surface area contributed by atoms with Crippen molar-refractivity contribution >= 4 is 52.6 Å². The summed E-state index contributed by atoms with van der Waals surface area (Å²) in [4.78, 5) is 71.0. The second kappa shape index (κ2) is 16.9. The molecule has 6 rings (SSSR count). The number of amides is 5. The number of hydrogen-bond acceptors (Lipinski definition) is 10. The standard InChI is InChI=1S/C39H47FN8O7/c1-4-47(18-16-43-37(53)33-21(2)29(44-22(33)3)20-26-25-19-23(40)10-11-27(25)45-35(26)51)17-15-42-31(49)9-6-14-41-28-8-5-7-24-34(28)39(55)48(38(24)54)30-12-13-32(50)46-36(30)52/h5,7-8,10-11,19-20,30-32,41-42,44,49-50H,4,6,9,12-18H2,1-3H3,(H,43,53)(H,45,51)(H,46,52)/b26-20-. The number of rotatable bonds is 16. The number of H-pyrrole nitrogens is 1. The summed E-state index contributed by atoms with van der Waals surface area (Å²) in [5, 5.41) is 34.7. The molecule has 0 spiro atoms. The second-order valence-corrected chi connectivity index (χ2v) is 13.9. The van der Waals surface area contributed by atoms with Crippen molar-refractivity contribution in [2.24, 2.45) is 0 Å². The molecular weight excluding hydrogens is 711 g/mol. The maximum Gasteiger partial charge on any atom is 0.264 e. The number of benzene rings is 2. The van der Waals surface area contributed by atoms with Crippen LogP contribution in [-0.2, 0) is 9.59 Å². The van der Waals surface area contributed by atoms with Crippen LogP contribution in [0.25, 0.3) is 11.6 Å². The van der Waals surface area contributed by atoms with Crippen LogP contribution in [0.4, 0.5) is 15.8 Å². The van der Waals surface area contributed by atoms with Crippen LogP contribution < -0.4 is 26.6 Å². The average molecular weight is 759 g/mol. The molecule has 3 unspecified atom stereocenters. The van der Waals surface area contributed by atoms with Crippen molar-refractivity contribution in [1.82, 2.24) is 30.7 Å². The average Bonchev–Trinajstić information content (AvgIpc) is 3.71. The number of halogens is 1. The largest absolute Gasteiger partial charge is 0.384 e. The third-order valence-electron chi connectivity index (χ3n) is 10.3. The summed E-state index contributed by atoms with van der Waals surface area (Å²) in [5.74, 6) is -2.70. The van der Waals surface area contributed by atoms with Crippen LogP contribution in [0.15, 0.2) is 36.4 Å². The fourth-order valence-corrected chi connectivity index (χ4v) is 7.32. The molecular formula is C39H47FN8O7. The number of anilines is 2. The monoisotopic (exact) mass is 758 g/mol. The number of piperidine rings is 1. The topological polar surface area (TPSA) is 208 Å². The number of hydrogen-bond donors (Lipinski definition) is 8. The predicted molar refractivity (Wildman–Crippen MR) is 203 cm³/mol. The summed E-state index contributed by atoms with van der Waals surface area (Å²) in [6.07, 6.45) is 1.27. The molecule has 0 saturated carbocycles. The van der Waals surface area contributed by atoms with E-state index in [1.165, 1.54) is 18.2 Å². The first-order chi connectivity index (χ1) is 26.4. The molecule has 1 saturated heterocycles. The Hall–Kier alpha value is -5.42. The zero-order valence-electron chi connectivity index (χ0n) is 31.1. The van der Waals surface area contributed by atoms with E-state index in [1.54, 1.807) is 38.1 Å². The van der Waals surface area contributed by atoms with Gasteiger partial charge in [-0.2, -0.15) is 0 Å². The third kappa shape index (κ3) is 8.47. The molecule has 2 aromatic carbocycles. The molecule has 55 heavy (non-hydrogen) atoms. The summed E-state index contributed by atoms with van der Waals surface area (Å²) in [6.45, 7) is 8.87. The Balaban J connectivity index is 0.917. The first kappa shape index (κ1) is 39.3. The lowest BCUT2D eigenvalue weighted by Crippen LogP contribution is -2.55. The Morgan fingerprint density at radius 2 is 1.84 bits per heavy atom. The molecule has 0 aliphatic carbocycles. The maximum atomic E-state index is 13.9. The quantitative estimate of drug-likeness (QED) is 0.0463. The lowest BCUT2D eigenvalue weighted by Gasteiger charge is -2.31. The van der Waals surface area contributed by atoms with Gasteiger partial charge in [-0.1, -0.05) is 13.0 Å². The normalized spacial score (nSPS) is 19.1. The van der Waals surface area contributed by atoms with Crippen LogP contribution in [0, 0.1) is 19.7 Å². The molecule has 0 bridgehead atoms. The van der Waals surface area contributed by atoms with Gasteiger partial charge in [-0.3, -0.25) is 34.2 Å². The highest BCUT2D eigenvalue weighted by Gasteiger charge is 2.45. The second-order valence-electron chi connectivity index (χ2n) is 13.9. The van der Waals surface area contributed by atoms with E-state index in [9.17, 15) is 38.6 Å². The van der Waals surface area contributed by atoms with Gasteiger partial charge in [-0.25, -0.2) is 4.39 Å². The summed E-state index contributed by atoms with van der Waals surface area (Å²) in [5.41, 5.74) is 4.63. The van der Waals surface area contributed by atoms with E-state index < -0.39 is 42.0 Å². The van der Waals surface area contributed by atoms with E-state index in [1.807, 2.05) is 6.92 Å². The number of aryl methyl sites for hydroxylation is 1. The highest BCUT2D eigenvalue weighted by atomic mass is 19.1. The highest BCUT2D eigenvalue weighted by molar-refractivity contribution is 6.35. The van der Waals surface area contributed by atoms with Crippen molar-refractivity contribution in [3.8, 4) is 0 Å². The number of carbonyl (C=O) groups excluding carboxylic acids is 5. The summed E-state index contributed by atoms with van der Waals surface area (Å²) >= 11 is 0. The first-order valence-electron chi connectivity index (χ1n) is 18.5. The molecule has 3 atom stereocenters. The summed E-state index contributed by atoms with van der Waals surface area (Å²) < 4.78 is 13.9. The van der Waals surface area contributed by atoms with Crippen molar-refractivity contribution in [3.05, 3.63) is 81.4 Å². The number of likely N-dealkylation sites (N-methyl/N-ethyl adjacent to an activating group) is 1. The molecule has 1 aromatic heterocycles.